The third kappa shape index (κ3) is 4.01. The number of aliphatic hydroxyl groups excluding tert-OH is 1. The lowest BCUT2D eigenvalue weighted by molar-refractivity contribution is -0.133. The minimum absolute atomic E-state index is 0.148. The van der Waals surface area contributed by atoms with Crippen LogP contribution in [0.4, 0.5) is 0 Å². The molecule has 0 aliphatic carbocycles. The molecule has 1 saturated heterocycles. The maximum absolute atomic E-state index is 11.6. The largest absolute Gasteiger partial charge is 0.383 e. The number of amides is 2. The summed E-state index contributed by atoms with van der Waals surface area (Å²) in [7, 11) is 1.69. The van der Waals surface area contributed by atoms with Crippen LogP contribution < -0.4 is 5.73 Å². The van der Waals surface area contributed by atoms with Gasteiger partial charge in [-0.25, -0.2) is 4.98 Å². The van der Waals surface area contributed by atoms with Crippen molar-refractivity contribution < 1.29 is 19.2 Å². The second kappa shape index (κ2) is 8.36. The Hall–Kier alpha value is -4.05. The minimum Gasteiger partial charge on any atom is -0.383 e. The molecule has 3 aromatic heterocycles. The number of carbonyl (C=O) groups is 2. The van der Waals surface area contributed by atoms with E-state index in [4.69, 9.17) is 15.4 Å². The maximum Gasteiger partial charge on any atom is 0.285 e. The van der Waals surface area contributed by atoms with E-state index in [1.807, 2.05) is 24.3 Å². The van der Waals surface area contributed by atoms with Gasteiger partial charge in [-0.3, -0.25) is 19.0 Å². The highest BCUT2D eigenvalue weighted by molar-refractivity contribution is 5.93. The number of hydrogen-bond acceptors (Lipinski definition) is 7. The number of aromatic nitrogens is 4. The van der Waals surface area contributed by atoms with Gasteiger partial charge in [0.2, 0.25) is 5.82 Å². The third-order valence-corrected chi connectivity index (χ3v) is 4.94. The predicted molar refractivity (Wildman–Crippen MR) is 111 cm³/mol. The monoisotopic (exact) mass is 420 g/mol. The number of hydrogen-bond donors (Lipinski definition) is 2. The van der Waals surface area contributed by atoms with E-state index in [9.17, 15) is 9.59 Å². The molecule has 158 valence electrons. The van der Waals surface area contributed by atoms with E-state index >= 15 is 0 Å². The molecule has 1 fully saturated rings. The second-order valence-corrected chi connectivity index (χ2v) is 7.01. The lowest BCUT2D eigenvalue weighted by Crippen LogP contribution is -2.24. The number of nitrogens with zero attached hydrogens (tertiary/aromatic N) is 5. The Morgan fingerprint density at radius 3 is 2.71 bits per heavy atom. The average Bonchev–Trinajstić information content (AvgIpc) is 3.51. The molecule has 4 aromatic rings. The van der Waals surface area contributed by atoms with Gasteiger partial charge in [0.15, 0.2) is 0 Å². The molecule has 10 heteroatoms. The van der Waals surface area contributed by atoms with Gasteiger partial charge in [-0.1, -0.05) is 23.4 Å². The van der Waals surface area contributed by atoms with Crippen molar-refractivity contribution in [3.05, 3.63) is 61.0 Å². The molecule has 4 heterocycles. The number of primary amides is 1. The first-order chi connectivity index (χ1) is 15.0. The van der Waals surface area contributed by atoms with Gasteiger partial charge in [-0.15, -0.1) is 0 Å². The highest BCUT2D eigenvalue weighted by Gasteiger charge is 2.26. The molecule has 1 aromatic carbocycles. The van der Waals surface area contributed by atoms with Crippen LogP contribution in [0, 0.1) is 0 Å². The molecule has 10 nitrogen and oxygen atoms in total. The standard InChI is InChI=1S/C16H11N5O2.C5H9NO2/c17-15(22)16-19-14(13-9-18-5-6-21(13)16)11-3-1-2-10(8-11)12-4-7-23-20-12;1-6-3-2-4(7)5(6)8/h1-9H,(H2,17,22);4,7H,2-3H2,1H3. The summed E-state index contributed by atoms with van der Waals surface area (Å²) in [4.78, 5) is 32.2. The van der Waals surface area contributed by atoms with Crippen LogP contribution in [0.15, 0.2) is 59.7 Å². The Kier molecular flexibility index (Phi) is 5.46. The van der Waals surface area contributed by atoms with E-state index < -0.39 is 12.0 Å². The van der Waals surface area contributed by atoms with E-state index in [0.29, 0.717) is 24.2 Å². The summed E-state index contributed by atoms with van der Waals surface area (Å²) in [5.74, 6) is -0.570. The quantitative estimate of drug-likeness (QED) is 0.510. The third-order valence-electron chi connectivity index (χ3n) is 4.94. The van der Waals surface area contributed by atoms with E-state index in [1.54, 1.807) is 36.1 Å². The van der Waals surface area contributed by atoms with Crippen LogP contribution in [-0.4, -0.2) is 61.0 Å². The van der Waals surface area contributed by atoms with Gasteiger partial charge in [0, 0.05) is 43.2 Å². The van der Waals surface area contributed by atoms with Crippen LogP contribution in [-0.2, 0) is 4.79 Å². The van der Waals surface area contributed by atoms with Crippen molar-refractivity contribution in [2.75, 3.05) is 13.6 Å². The van der Waals surface area contributed by atoms with E-state index in [2.05, 4.69) is 15.1 Å². The Morgan fingerprint density at radius 2 is 2.10 bits per heavy atom. The molecule has 0 spiro atoms. The molecular formula is C21H20N6O4. The lowest BCUT2D eigenvalue weighted by Gasteiger charge is -2.04. The molecule has 3 N–H and O–H groups in total. The van der Waals surface area contributed by atoms with Crippen LogP contribution in [0.2, 0.25) is 0 Å². The number of aliphatic hydroxyl groups is 1. The Labute approximate surface area is 176 Å². The summed E-state index contributed by atoms with van der Waals surface area (Å²) in [5, 5.41) is 12.7. The number of rotatable bonds is 3. The van der Waals surface area contributed by atoms with Gasteiger partial charge in [0.1, 0.15) is 18.1 Å². The molecule has 31 heavy (non-hydrogen) atoms. The molecular weight excluding hydrogens is 400 g/mol. The number of carbonyl (C=O) groups excluding carboxylic acids is 2. The Morgan fingerprint density at radius 1 is 1.29 bits per heavy atom. The van der Waals surface area contributed by atoms with Crippen LogP contribution in [0.3, 0.4) is 0 Å². The highest BCUT2D eigenvalue weighted by atomic mass is 16.5. The SMILES string of the molecule is CN1CCC(O)C1=O.NC(=O)c1nc(-c2cccc(-c3ccon3)c2)c2cnccn12. The lowest BCUT2D eigenvalue weighted by atomic mass is 10.1. The van der Waals surface area contributed by atoms with E-state index in [1.165, 1.54) is 11.2 Å². The summed E-state index contributed by atoms with van der Waals surface area (Å²) < 4.78 is 6.51. The topological polar surface area (TPSA) is 140 Å². The molecule has 1 unspecified atom stereocenters. The fourth-order valence-corrected chi connectivity index (χ4v) is 3.32. The smallest absolute Gasteiger partial charge is 0.285 e. The molecule has 0 bridgehead atoms. The molecule has 1 atom stereocenters. The first-order valence-electron chi connectivity index (χ1n) is 9.52. The summed E-state index contributed by atoms with van der Waals surface area (Å²) in [6.07, 6.45) is 6.28. The first kappa shape index (κ1) is 20.2. The van der Waals surface area contributed by atoms with Gasteiger partial charge in [0.05, 0.1) is 17.4 Å². The van der Waals surface area contributed by atoms with Crippen molar-refractivity contribution in [2.24, 2.45) is 5.73 Å². The van der Waals surface area contributed by atoms with Gasteiger partial charge in [0.25, 0.3) is 11.8 Å². The summed E-state index contributed by atoms with van der Waals surface area (Å²) in [6.45, 7) is 0.694. The maximum atomic E-state index is 11.6. The van der Waals surface area contributed by atoms with Crippen molar-refractivity contribution in [1.82, 2.24) is 24.4 Å². The van der Waals surface area contributed by atoms with Crippen molar-refractivity contribution in [2.45, 2.75) is 12.5 Å². The Bertz CT molecular complexity index is 1220. The van der Waals surface area contributed by atoms with Crippen molar-refractivity contribution in [1.29, 1.82) is 0 Å². The number of nitrogens with two attached hydrogens (primary N) is 1. The summed E-state index contributed by atoms with van der Waals surface area (Å²) in [6, 6.07) is 9.43. The average molecular weight is 420 g/mol. The summed E-state index contributed by atoms with van der Waals surface area (Å²) >= 11 is 0. The first-order valence-corrected chi connectivity index (χ1v) is 9.52. The van der Waals surface area contributed by atoms with Crippen LogP contribution in [0.25, 0.3) is 28.0 Å². The number of likely N-dealkylation sites (N-methyl/N-ethyl adjacent to an activating group) is 1. The second-order valence-electron chi connectivity index (χ2n) is 7.01. The van der Waals surface area contributed by atoms with E-state index in [-0.39, 0.29) is 11.7 Å². The highest BCUT2D eigenvalue weighted by Crippen LogP contribution is 2.28. The van der Waals surface area contributed by atoms with Gasteiger partial charge < -0.3 is 20.3 Å². The van der Waals surface area contributed by atoms with Crippen molar-refractivity contribution >= 4 is 17.3 Å². The summed E-state index contributed by atoms with van der Waals surface area (Å²) in [5.41, 5.74) is 9.21. The number of fused-ring (bicyclic) bond motifs is 1. The molecule has 1 aliphatic heterocycles. The zero-order valence-corrected chi connectivity index (χ0v) is 16.7. The zero-order chi connectivity index (χ0) is 22.0. The van der Waals surface area contributed by atoms with Crippen LogP contribution >= 0.6 is 0 Å². The number of imidazole rings is 1. The number of benzene rings is 1. The zero-order valence-electron chi connectivity index (χ0n) is 16.7. The van der Waals surface area contributed by atoms with Crippen molar-refractivity contribution in [3.63, 3.8) is 0 Å². The molecule has 0 saturated carbocycles. The predicted octanol–water partition coefficient (Wildman–Crippen LogP) is 1.36. The molecule has 0 radical (unpaired) electrons. The van der Waals surface area contributed by atoms with E-state index in [0.717, 1.165) is 16.8 Å². The Balaban J connectivity index is 0.000000245. The van der Waals surface area contributed by atoms with Gasteiger partial charge in [-0.05, 0) is 12.5 Å². The minimum atomic E-state index is -0.722. The number of likely N-dealkylation sites (tertiary alicyclic amines) is 1. The fourth-order valence-electron chi connectivity index (χ4n) is 3.32. The molecule has 5 rings (SSSR count). The molecule has 2 amide bonds. The normalized spacial score (nSPS) is 15.7. The van der Waals surface area contributed by atoms with Crippen LogP contribution in [0.1, 0.15) is 17.0 Å². The van der Waals surface area contributed by atoms with Gasteiger partial charge >= 0.3 is 0 Å². The molecule has 1 aliphatic rings. The van der Waals surface area contributed by atoms with Crippen LogP contribution in [0.5, 0.6) is 0 Å². The fraction of sp³-hybridized carbons (Fsp3) is 0.190. The van der Waals surface area contributed by atoms with Crippen molar-refractivity contribution in [3.8, 4) is 22.5 Å². The van der Waals surface area contributed by atoms with Gasteiger partial charge in [-0.2, -0.15) is 0 Å².